The molecule has 0 radical (unpaired) electrons. The van der Waals surface area contributed by atoms with E-state index in [0.29, 0.717) is 18.1 Å². The molecule has 6 heteroatoms. The van der Waals surface area contributed by atoms with Gasteiger partial charge >= 0.3 is 11.8 Å². The van der Waals surface area contributed by atoms with Crippen LogP contribution in [0.3, 0.4) is 0 Å². The Labute approximate surface area is 138 Å². The van der Waals surface area contributed by atoms with E-state index >= 15 is 0 Å². The lowest BCUT2D eigenvalue weighted by atomic mass is 10.1. The summed E-state index contributed by atoms with van der Waals surface area (Å²) in [6.07, 6.45) is 0.587. The van der Waals surface area contributed by atoms with Gasteiger partial charge in [-0.3, -0.25) is 0 Å². The standard InChI is InChI=1S/C18H14N4O2/c1-12-7-9-14(10-8-12)16-20-18(24-22-16)17-19-15(21-23-17)11-13-5-3-2-4-6-13/h2-10H,11H2,1H3. The molecule has 0 saturated carbocycles. The molecular weight excluding hydrogens is 304 g/mol. The number of hydrogen-bond donors (Lipinski definition) is 0. The van der Waals surface area contributed by atoms with Gasteiger partial charge in [-0.05, 0) is 12.5 Å². The zero-order valence-electron chi connectivity index (χ0n) is 13.0. The molecule has 0 aliphatic rings. The Hall–Kier alpha value is -3.28. The smallest absolute Gasteiger partial charge is 0.316 e. The summed E-state index contributed by atoms with van der Waals surface area (Å²) in [6, 6.07) is 17.8. The second-order valence-corrected chi connectivity index (χ2v) is 5.47. The minimum atomic E-state index is 0.220. The van der Waals surface area contributed by atoms with Crippen LogP contribution >= 0.6 is 0 Å². The Bertz CT molecular complexity index is 943. The molecule has 0 fully saturated rings. The van der Waals surface area contributed by atoms with Crippen LogP contribution in [0.2, 0.25) is 0 Å². The fourth-order valence-corrected chi connectivity index (χ4v) is 2.32. The Morgan fingerprint density at radius 1 is 0.792 bits per heavy atom. The molecule has 24 heavy (non-hydrogen) atoms. The molecule has 2 heterocycles. The van der Waals surface area contributed by atoms with Crippen LogP contribution in [0.15, 0.2) is 63.6 Å². The topological polar surface area (TPSA) is 77.8 Å². The van der Waals surface area contributed by atoms with Gasteiger partial charge in [-0.25, -0.2) is 0 Å². The molecule has 0 unspecified atom stereocenters. The molecule has 0 bridgehead atoms. The van der Waals surface area contributed by atoms with Gasteiger partial charge in [0.2, 0.25) is 5.82 Å². The van der Waals surface area contributed by atoms with Crippen molar-refractivity contribution >= 4 is 0 Å². The summed E-state index contributed by atoms with van der Waals surface area (Å²) in [4.78, 5) is 8.65. The first kappa shape index (κ1) is 14.3. The van der Waals surface area contributed by atoms with E-state index in [1.165, 1.54) is 5.56 Å². The molecule has 118 valence electrons. The molecular formula is C18H14N4O2. The van der Waals surface area contributed by atoms with Crippen LogP contribution in [0.5, 0.6) is 0 Å². The highest BCUT2D eigenvalue weighted by molar-refractivity contribution is 5.56. The predicted molar refractivity (Wildman–Crippen MR) is 87.0 cm³/mol. The molecule has 4 rings (SSSR count). The van der Waals surface area contributed by atoms with E-state index < -0.39 is 0 Å². The summed E-state index contributed by atoms with van der Waals surface area (Å²) in [5.41, 5.74) is 3.15. The largest absolute Gasteiger partial charge is 0.329 e. The van der Waals surface area contributed by atoms with Crippen LogP contribution in [0.25, 0.3) is 23.2 Å². The quantitative estimate of drug-likeness (QED) is 0.571. The van der Waals surface area contributed by atoms with Gasteiger partial charge in [-0.2, -0.15) is 9.97 Å². The number of aryl methyl sites for hydroxylation is 1. The lowest BCUT2D eigenvalue weighted by Gasteiger charge is -1.94. The van der Waals surface area contributed by atoms with Crippen LogP contribution in [-0.2, 0) is 6.42 Å². The minimum absolute atomic E-state index is 0.220. The third-order valence-electron chi connectivity index (χ3n) is 3.59. The molecule has 2 aromatic carbocycles. The number of benzene rings is 2. The van der Waals surface area contributed by atoms with Crippen LogP contribution in [0.1, 0.15) is 17.0 Å². The maximum absolute atomic E-state index is 5.24. The number of nitrogens with zero attached hydrogens (tertiary/aromatic N) is 4. The Morgan fingerprint density at radius 2 is 1.50 bits per heavy atom. The molecule has 0 saturated heterocycles. The van der Waals surface area contributed by atoms with Crippen molar-refractivity contribution in [2.24, 2.45) is 0 Å². The van der Waals surface area contributed by atoms with Crippen LogP contribution < -0.4 is 0 Å². The third-order valence-corrected chi connectivity index (χ3v) is 3.59. The minimum Gasteiger partial charge on any atom is -0.329 e. The van der Waals surface area contributed by atoms with Crippen LogP contribution in [0.4, 0.5) is 0 Å². The van der Waals surface area contributed by atoms with Crippen LogP contribution in [-0.4, -0.2) is 20.3 Å². The van der Waals surface area contributed by atoms with Gasteiger partial charge in [0.1, 0.15) is 0 Å². The van der Waals surface area contributed by atoms with Crippen molar-refractivity contribution in [1.82, 2.24) is 20.3 Å². The van der Waals surface area contributed by atoms with Gasteiger partial charge in [0.05, 0.1) is 0 Å². The van der Waals surface area contributed by atoms with Crippen LogP contribution in [0, 0.1) is 6.92 Å². The Kier molecular flexibility index (Phi) is 3.63. The molecule has 0 spiro atoms. The first-order valence-electron chi connectivity index (χ1n) is 7.55. The van der Waals surface area contributed by atoms with E-state index in [-0.39, 0.29) is 11.8 Å². The van der Waals surface area contributed by atoms with Crippen molar-refractivity contribution in [3.63, 3.8) is 0 Å². The first-order chi connectivity index (χ1) is 11.8. The predicted octanol–water partition coefficient (Wildman–Crippen LogP) is 3.69. The van der Waals surface area contributed by atoms with Crippen molar-refractivity contribution in [3.8, 4) is 23.2 Å². The number of rotatable bonds is 4. The van der Waals surface area contributed by atoms with E-state index in [0.717, 1.165) is 11.1 Å². The van der Waals surface area contributed by atoms with Crippen molar-refractivity contribution in [2.75, 3.05) is 0 Å². The monoisotopic (exact) mass is 318 g/mol. The lowest BCUT2D eigenvalue weighted by Crippen LogP contribution is -1.90. The summed E-state index contributed by atoms with van der Waals surface area (Å²) < 4.78 is 10.5. The summed E-state index contributed by atoms with van der Waals surface area (Å²) >= 11 is 0. The third kappa shape index (κ3) is 2.94. The summed E-state index contributed by atoms with van der Waals surface area (Å²) in [6.45, 7) is 2.03. The van der Waals surface area contributed by atoms with E-state index in [4.69, 9.17) is 9.05 Å². The van der Waals surface area contributed by atoms with Crippen molar-refractivity contribution in [3.05, 3.63) is 71.5 Å². The second kappa shape index (κ2) is 6.08. The van der Waals surface area contributed by atoms with Gasteiger partial charge in [0, 0.05) is 12.0 Å². The van der Waals surface area contributed by atoms with Gasteiger partial charge in [-0.1, -0.05) is 70.5 Å². The maximum atomic E-state index is 5.24. The fraction of sp³-hybridized carbons (Fsp3) is 0.111. The SMILES string of the molecule is Cc1ccc(-c2noc(-c3nc(Cc4ccccc4)no3)n2)cc1. The highest BCUT2D eigenvalue weighted by Crippen LogP contribution is 2.21. The molecule has 0 atom stereocenters. The average molecular weight is 318 g/mol. The highest BCUT2D eigenvalue weighted by Gasteiger charge is 2.17. The van der Waals surface area contributed by atoms with Gasteiger partial charge in [0.15, 0.2) is 5.82 Å². The van der Waals surface area contributed by atoms with E-state index in [1.54, 1.807) is 0 Å². The molecule has 4 aromatic rings. The highest BCUT2D eigenvalue weighted by atomic mass is 16.5. The first-order valence-corrected chi connectivity index (χ1v) is 7.55. The molecule has 2 aromatic heterocycles. The van der Waals surface area contributed by atoms with Gasteiger partial charge in [-0.15, -0.1) is 0 Å². The number of hydrogen-bond acceptors (Lipinski definition) is 6. The van der Waals surface area contributed by atoms with Gasteiger partial charge < -0.3 is 9.05 Å². The maximum Gasteiger partial charge on any atom is 0.316 e. The van der Waals surface area contributed by atoms with E-state index in [9.17, 15) is 0 Å². The lowest BCUT2D eigenvalue weighted by molar-refractivity contribution is 0.380. The van der Waals surface area contributed by atoms with Gasteiger partial charge in [0.25, 0.3) is 0 Å². The molecule has 0 N–H and O–H groups in total. The molecule has 0 aliphatic heterocycles. The van der Waals surface area contributed by atoms with E-state index in [1.807, 2.05) is 61.5 Å². The average Bonchev–Trinajstić information content (AvgIpc) is 3.26. The molecule has 6 nitrogen and oxygen atoms in total. The molecule has 0 amide bonds. The summed E-state index contributed by atoms with van der Waals surface area (Å²) in [7, 11) is 0. The normalized spacial score (nSPS) is 10.9. The Morgan fingerprint density at radius 3 is 2.29 bits per heavy atom. The number of aromatic nitrogens is 4. The van der Waals surface area contributed by atoms with Crippen molar-refractivity contribution in [1.29, 1.82) is 0 Å². The zero-order chi connectivity index (χ0) is 16.4. The summed E-state index contributed by atoms with van der Waals surface area (Å²) in [5, 5.41) is 7.94. The van der Waals surface area contributed by atoms with E-state index in [2.05, 4.69) is 20.3 Å². The summed E-state index contributed by atoms with van der Waals surface area (Å²) in [5.74, 6) is 1.52. The second-order valence-electron chi connectivity index (χ2n) is 5.47. The fourth-order valence-electron chi connectivity index (χ4n) is 2.32. The Balaban J connectivity index is 1.56. The molecule has 0 aliphatic carbocycles. The zero-order valence-corrected chi connectivity index (χ0v) is 13.0. The van der Waals surface area contributed by atoms with Crippen molar-refractivity contribution in [2.45, 2.75) is 13.3 Å². The van der Waals surface area contributed by atoms with Crippen molar-refractivity contribution < 1.29 is 9.05 Å².